The zero-order chi connectivity index (χ0) is 16.4. The molecule has 23 heavy (non-hydrogen) atoms. The van der Waals surface area contributed by atoms with Gasteiger partial charge in [0, 0.05) is 31.1 Å². The normalized spacial score (nSPS) is 15.9. The molecule has 4 nitrogen and oxygen atoms in total. The summed E-state index contributed by atoms with van der Waals surface area (Å²) in [7, 11) is 0. The Morgan fingerprint density at radius 1 is 1.22 bits per heavy atom. The minimum absolute atomic E-state index is 0.0242. The highest BCUT2D eigenvalue weighted by Crippen LogP contribution is 2.20. The molecule has 1 fully saturated rings. The highest BCUT2D eigenvalue weighted by atomic mass is 35.5. The van der Waals surface area contributed by atoms with Crippen LogP contribution in [0.2, 0.25) is 5.02 Å². The maximum atomic E-state index is 12.5. The number of rotatable bonds is 3. The average molecular weight is 350 g/mol. The van der Waals surface area contributed by atoms with Gasteiger partial charge in [-0.1, -0.05) is 23.7 Å². The van der Waals surface area contributed by atoms with E-state index >= 15 is 0 Å². The van der Waals surface area contributed by atoms with Crippen molar-refractivity contribution in [1.29, 1.82) is 0 Å². The van der Waals surface area contributed by atoms with E-state index in [9.17, 15) is 4.79 Å². The smallest absolute Gasteiger partial charge is 0.255 e. The van der Waals surface area contributed by atoms with Crippen LogP contribution in [0.3, 0.4) is 0 Å². The summed E-state index contributed by atoms with van der Waals surface area (Å²) in [4.78, 5) is 22.7. The number of hydrogen-bond acceptors (Lipinski definition) is 4. The molecule has 0 N–H and O–H groups in total. The van der Waals surface area contributed by atoms with Gasteiger partial charge in [-0.3, -0.25) is 9.69 Å². The third kappa shape index (κ3) is 3.74. The first-order valence-electron chi connectivity index (χ1n) is 7.73. The molecule has 122 valence electrons. The number of benzene rings is 1. The van der Waals surface area contributed by atoms with Crippen molar-refractivity contribution in [2.24, 2.45) is 0 Å². The average Bonchev–Trinajstić information content (AvgIpc) is 2.86. The topological polar surface area (TPSA) is 36.4 Å². The second-order valence-corrected chi connectivity index (χ2v) is 7.49. The lowest BCUT2D eigenvalue weighted by Crippen LogP contribution is -2.48. The van der Waals surface area contributed by atoms with Crippen molar-refractivity contribution in [3.63, 3.8) is 0 Å². The first kappa shape index (κ1) is 16.4. The van der Waals surface area contributed by atoms with E-state index in [1.807, 2.05) is 17.0 Å². The third-order valence-corrected chi connectivity index (χ3v) is 5.58. The molecule has 3 rings (SSSR count). The minimum atomic E-state index is 0.0242. The summed E-state index contributed by atoms with van der Waals surface area (Å²) in [6.07, 6.45) is 0. The maximum absolute atomic E-state index is 12.5. The number of piperazine rings is 1. The summed E-state index contributed by atoms with van der Waals surface area (Å²) < 4.78 is 0. The molecule has 0 atom stereocenters. The lowest BCUT2D eigenvalue weighted by molar-refractivity contribution is 0.0628. The van der Waals surface area contributed by atoms with E-state index in [-0.39, 0.29) is 5.91 Å². The second-order valence-electron chi connectivity index (χ2n) is 5.80. The largest absolute Gasteiger partial charge is 0.336 e. The van der Waals surface area contributed by atoms with Gasteiger partial charge in [0.1, 0.15) is 5.01 Å². The van der Waals surface area contributed by atoms with E-state index in [4.69, 9.17) is 11.6 Å². The Morgan fingerprint density at radius 2 is 1.91 bits per heavy atom. The van der Waals surface area contributed by atoms with Gasteiger partial charge in [0.25, 0.3) is 5.91 Å². The number of hydrogen-bond donors (Lipinski definition) is 0. The van der Waals surface area contributed by atoms with Gasteiger partial charge in [-0.2, -0.15) is 0 Å². The van der Waals surface area contributed by atoms with Gasteiger partial charge in [-0.15, -0.1) is 11.3 Å². The Balaban J connectivity index is 1.58. The molecule has 1 aromatic heterocycles. The number of aromatic nitrogens is 1. The Bertz CT molecular complexity index is 688. The standard InChI is InChI=1S/C17H20ClN3OS/c1-12-13(2)23-16(19-12)11-20-7-9-21(10-8-20)17(22)14-5-3-4-6-15(14)18/h3-6H,7-11H2,1-2H3. The summed E-state index contributed by atoms with van der Waals surface area (Å²) in [5.74, 6) is 0.0242. The van der Waals surface area contributed by atoms with E-state index in [2.05, 4.69) is 23.7 Å². The fourth-order valence-corrected chi connectivity index (χ4v) is 3.91. The molecule has 2 aromatic rings. The molecule has 0 spiro atoms. The van der Waals surface area contributed by atoms with Crippen LogP contribution in [0.4, 0.5) is 0 Å². The molecule has 1 aliphatic heterocycles. The lowest BCUT2D eigenvalue weighted by Gasteiger charge is -2.34. The van der Waals surface area contributed by atoms with Crippen LogP contribution in [0, 0.1) is 13.8 Å². The summed E-state index contributed by atoms with van der Waals surface area (Å²) in [6, 6.07) is 7.24. The van der Waals surface area contributed by atoms with E-state index in [0.717, 1.165) is 43.4 Å². The molecule has 0 saturated carbocycles. The molecule has 0 radical (unpaired) electrons. The minimum Gasteiger partial charge on any atom is -0.336 e. The van der Waals surface area contributed by atoms with Gasteiger partial charge < -0.3 is 4.90 Å². The van der Waals surface area contributed by atoms with Gasteiger partial charge in [0.15, 0.2) is 0 Å². The number of carbonyl (C=O) groups is 1. The summed E-state index contributed by atoms with van der Waals surface area (Å²) >= 11 is 7.89. The van der Waals surface area contributed by atoms with Gasteiger partial charge >= 0.3 is 0 Å². The van der Waals surface area contributed by atoms with Gasteiger partial charge in [-0.05, 0) is 26.0 Å². The molecule has 0 unspecified atom stereocenters. The fourth-order valence-electron chi connectivity index (χ4n) is 2.71. The van der Waals surface area contributed by atoms with Gasteiger partial charge in [0.05, 0.1) is 22.8 Å². The summed E-state index contributed by atoms with van der Waals surface area (Å²) in [6.45, 7) is 8.22. The molecule has 2 heterocycles. The van der Waals surface area contributed by atoms with Crippen molar-refractivity contribution < 1.29 is 4.79 Å². The number of amides is 1. The van der Waals surface area contributed by atoms with Crippen molar-refractivity contribution >= 4 is 28.8 Å². The van der Waals surface area contributed by atoms with E-state index in [1.165, 1.54) is 4.88 Å². The van der Waals surface area contributed by atoms with Crippen LogP contribution in [0.5, 0.6) is 0 Å². The molecule has 1 aromatic carbocycles. The van der Waals surface area contributed by atoms with E-state index in [1.54, 1.807) is 23.5 Å². The highest BCUT2D eigenvalue weighted by molar-refractivity contribution is 7.11. The lowest BCUT2D eigenvalue weighted by atomic mass is 10.2. The zero-order valence-electron chi connectivity index (χ0n) is 13.4. The van der Waals surface area contributed by atoms with Crippen LogP contribution < -0.4 is 0 Å². The van der Waals surface area contributed by atoms with Crippen LogP contribution in [-0.4, -0.2) is 46.9 Å². The summed E-state index contributed by atoms with van der Waals surface area (Å²) in [5.41, 5.74) is 1.71. The van der Waals surface area contributed by atoms with Gasteiger partial charge in [-0.25, -0.2) is 4.98 Å². The number of halogens is 1. The van der Waals surface area contributed by atoms with Crippen LogP contribution in [0.15, 0.2) is 24.3 Å². The summed E-state index contributed by atoms with van der Waals surface area (Å²) in [5, 5.41) is 1.68. The molecular weight excluding hydrogens is 330 g/mol. The third-order valence-electron chi connectivity index (χ3n) is 4.20. The molecule has 1 amide bonds. The predicted molar refractivity (Wildman–Crippen MR) is 94.2 cm³/mol. The molecule has 0 bridgehead atoms. The zero-order valence-corrected chi connectivity index (χ0v) is 15.0. The monoisotopic (exact) mass is 349 g/mol. The Kier molecular flexibility index (Phi) is 4.99. The van der Waals surface area contributed by atoms with Crippen molar-refractivity contribution in [3.05, 3.63) is 50.4 Å². The van der Waals surface area contributed by atoms with E-state index < -0.39 is 0 Å². The number of nitrogens with zero attached hydrogens (tertiary/aromatic N) is 3. The highest BCUT2D eigenvalue weighted by Gasteiger charge is 2.23. The van der Waals surface area contributed by atoms with Crippen molar-refractivity contribution in [2.75, 3.05) is 26.2 Å². The molecule has 6 heteroatoms. The Labute approximate surface area is 145 Å². The Morgan fingerprint density at radius 3 is 2.52 bits per heavy atom. The van der Waals surface area contributed by atoms with Crippen molar-refractivity contribution in [3.8, 4) is 0 Å². The Hall–Kier alpha value is -1.43. The second kappa shape index (κ2) is 6.99. The van der Waals surface area contributed by atoms with Crippen LogP contribution in [0.25, 0.3) is 0 Å². The van der Waals surface area contributed by atoms with Crippen LogP contribution >= 0.6 is 22.9 Å². The maximum Gasteiger partial charge on any atom is 0.255 e. The molecule has 1 aliphatic rings. The van der Waals surface area contributed by atoms with Crippen LogP contribution in [-0.2, 0) is 6.54 Å². The van der Waals surface area contributed by atoms with E-state index in [0.29, 0.717) is 10.6 Å². The van der Waals surface area contributed by atoms with Crippen molar-refractivity contribution in [2.45, 2.75) is 20.4 Å². The first-order chi connectivity index (χ1) is 11.0. The predicted octanol–water partition coefficient (Wildman–Crippen LogP) is 3.37. The number of aryl methyl sites for hydroxylation is 2. The molecular formula is C17H20ClN3OS. The number of carbonyl (C=O) groups excluding carboxylic acids is 1. The van der Waals surface area contributed by atoms with Gasteiger partial charge in [0.2, 0.25) is 0 Å². The SMILES string of the molecule is Cc1nc(CN2CCN(C(=O)c3ccccc3Cl)CC2)sc1C. The molecule has 0 aliphatic carbocycles. The van der Waals surface area contributed by atoms with Crippen LogP contribution in [0.1, 0.15) is 25.9 Å². The molecule has 1 saturated heterocycles. The first-order valence-corrected chi connectivity index (χ1v) is 8.93. The quantitative estimate of drug-likeness (QED) is 0.852. The number of thiazole rings is 1. The fraction of sp³-hybridized carbons (Fsp3) is 0.412. The van der Waals surface area contributed by atoms with Crippen molar-refractivity contribution in [1.82, 2.24) is 14.8 Å².